The summed E-state index contributed by atoms with van der Waals surface area (Å²) in [6, 6.07) is 0. The molecule has 10 atom stereocenters. The molecule has 11 nitrogen and oxygen atoms in total. The van der Waals surface area contributed by atoms with Crippen molar-refractivity contribution in [1.82, 2.24) is 0 Å². The fraction of sp³-hybridized carbons (Fsp3) is 1.00. The molecule has 2 fully saturated rings. The second-order valence-corrected chi connectivity index (χ2v) is 6.47. The third-order valence-electron chi connectivity index (χ3n) is 4.83. The Kier molecular flexibility index (Phi) is 6.97. The molecule has 0 bridgehead atoms. The molecule has 0 spiro atoms. The van der Waals surface area contributed by atoms with Crippen LogP contribution < -0.4 is 0 Å². The van der Waals surface area contributed by atoms with Crippen molar-refractivity contribution in [2.24, 2.45) is 17.0 Å². The quantitative estimate of drug-likeness (QED) is 0.222. The van der Waals surface area contributed by atoms with Crippen LogP contribution in [0.15, 0.2) is 5.11 Å². The lowest BCUT2D eigenvalue weighted by atomic mass is 9.90. The van der Waals surface area contributed by atoms with Crippen molar-refractivity contribution >= 4 is 0 Å². The number of aliphatic hydroxyl groups excluding tert-OH is 5. The number of hydrogen-bond acceptors (Lipinski definition) is 9. The zero-order valence-electron chi connectivity index (χ0n) is 14.0. The van der Waals surface area contributed by atoms with E-state index < -0.39 is 74.2 Å². The molecule has 5 N–H and O–H groups in total. The lowest BCUT2D eigenvalue weighted by Gasteiger charge is -2.46. The lowest BCUT2D eigenvalue weighted by molar-refractivity contribution is -0.326. The molecule has 2 saturated heterocycles. The molecule has 11 heteroatoms. The van der Waals surface area contributed by atoms with Crippen LogP contribution in [0.5, 0.6) is 0 Å². The van der Waals surface area contributed by atoms with Crippen LogP contribution in [0, 0.1) is 11.8 Å². The van der Waals surface area contributed by atoms with E-state index in [-0.39, 0.29) is 0 Å². The van der Waals surface area contributed by atoms with Crippen molar-refractivity contribution in [3.8, 4) is 0 Å². The summed E-state index contributed by atoms with van der Waals surface area (Å²) in [5, 5.41) is 52.7. The largest absolute Gasteiger partial charge is 0.394 e. The molecule has 2 rings (SSSR count). The Hall–Kier alpha value is -1.01. The van der Waals surface area contributed by atoms with Crippen LogP contribution in [0.1, 0.15) is 13.8 Å². The van der Waals surface area contributed by atoms with Gasteiger partial charge in [-0.1, -0.05) is 19.0 Å². The van der Waals surface area contributed by atoms with E-state index in [1.807, 2.05) is 0 Å². The van der Waals surface area contributed by atoms with E-state index in [2.05, 4.69) is 10.0 Å². The van der Waals surface area contributed by atoms with Crippen LogP contribution >= 0.6 is 0 Å². The van der Waals surface area contributed by atoms with Crippen LogP contribution in [0.3, 0.4) is 0 Å². The zero-order valence-corrected chi connectivity index (χ0v) is 14.0. The molecule has 0 aromatic rings. The van der Waals surface area contributed by atoms with Gasteiger partial charge in [-0.15, -0.1) is 0 Å². The molecule has 2 aliphatic heterocycles. The Morgan fingerprint density at radius 3 is 2.16 bits per heavy atom. The predicted molar refractivity (Wildman–Crippen MR) is 81.9 cm³/mol. The summed E-state index contributed by atoms with van der Waals surface area (Å²) in [6.45, 7) is 2.17. The van der Waals surface area contributed by atoms with Gasteiger partial charge < -0.3 is 39.7 Å². The van der Waals surface area contributed by atoms with E-state index in [9.17, 15) is 25.5 Å². The third kappa shape index (κ3) is 4.05. The summed E-state index contributed by atoms with van der Waals surface area (Å²) in [7, 11) is 0. The van der Waals surface area contributed by atoms with Crippen LogP contribution in [0.2, 0.25) is 0 Å². The number of nitrogens with zero attached hydrogens (tertiary/aromatic N) is 3. The van der Waals surface area contributed by atoms with Gasteiger partial charge in [0.1, 0.15) is 30.6 Å². The van der Waals surface area contributed by atoms with Crippen molar-refractivity contribution in [3.05, 3.63) is 10.4 Å². The average molecular weight is 363 g/mol. The number of aliphatic hydroxyl groups is 5. The van der Waals surface area contributed by atoms with Gasteiger partial charge in [0.05, 0.1) is 25.4 Å². The minimum Gasteiger partial charge on any atom is -0.394 e. The van der Waals surface area contributed by atoms with Gasteiger partial charge in [0.15, 0.2) is 6.29 Å². The molecule has 0 aliphatic carbocycles. The van der Waals surface area contributed by atoms with E-state index in [0.29, 0.717) is 0 Å². The number of ether oxygens (including phenoxy) is 3. The summed E-state index contributed by atoms with van der Waals surface area (Å²) >= 11 is 0. The second-order valence-electron chi connectivity index (χ2n) is 6.47. The first kappa shape index (κ1) is 20.3. The fourth-order valence-corrected chi connectivity index (χ4v) is 3.10. The Bertz CT molecular complexity index is 487. The maximum atomic E-state index is 10.5. The SMILES string of the molecule is CC1[C@H](O[C@H]2C(CO)O[C@@H](N=[N+]=[N-])C(C)[C@H]2O)OC(CO)[C@H](O)[C@@H]1O. The smallest absolute Gasteiger partial charge is 0.163 e. The average Bonchev–Trinajstić information content (AvgIpc) is 2.61. The normalized spacial score (nSPS) is 48.0. The first-order chi connectivity index (χ1) is 11.8. The molecule has 4 unspecified atom stereocenters. The van der Waals surface area contributed by atoms with Crippen molar-refractivity contribution in [3.63, 3.8) is 0 Å². The molecule has 0 saturated carbocycles. The van der Waals surface area contributed by atoms with Gasteiger partial charge in [-0.2, -0.15) is 0 Å². The van der Waals surface area contributed by atoms with E-state index in [1.54, 1.807) is 13.8 Å². The molecule has 0 aromatic carbocycles. The first-order valence-corrected chi connectivity index (χ1v) is 8.12. The maximum absolute atomic E-state index is 10.5. The molecule has 144 valence electrons. The predicted octanol–water partition coefficient (Wildman–Crippen LogP) is -1.53. The van der Waals surface area contributed by atoms with Crippen LogP contribution in [-0.2, 0) is 14.2 Å². The van der Waals surface area contributed by atoms with E-state index >= 15 is 0 Å². The Balaban J connectivity index is 2.15. The van der Waals surface area contributed by atoms with Gasteiger partial charge in [0.2, 0.25) is 0 Å². The van der Waals surface area contributed by atoms with Gasteiger partial charge >= 0.3 is 0 Å². The van der Waals surface area contributed by atoms with Crippen molar-refractivity contribution in [2.45, 2.75) is 63.0 Å². The van der Waals surface area contributed by atoms with Gasteiger partial charge in [0.25, 0.3) is 0 Å². The Labute approximate surface area is 144 Å². The summed E-state index contributed by atoms with van der Waals surface area (Å²) in [4.78, 5) is 2.66. The fourth-order valence-electron chi connectivity index (χ4n) is 3.10. The highest BCUT2D eigenvalue weighted by Gasteiger charge is 2.48. The molecule has 0 radical (unpaired) electrons. The standard InChI is InChI=1S/C14H25N3O8/c1-5-10(21)12(8(4-19)23-13(5)16-17-15)25-14-6(2)9(20)11(22)7(3-18)24-14/h5-14,18-22H,3-4H2,1-2H3/t5?,6?,7?,8?,9-,10-,11+,12+,13-,14+/m1/s1. The summed E-state index contributed by atoms with van der Waals surface area (Å²) in [6.07, 6.45) is -8.64. The van der Waals surface area contributed by atoms with Crippen molar-refractivity contribution in [2.75, 3.05) is 13.2 Å². The van der Waals surface area contributed by atoms with E-state index in [0.717, 1.165) is 0 Å². The minimum atomic E-state index is -1.27. The molecule has 2 heterocycles. The molecule has 25 heavy (non-hydrogen) atoms. The highest BCUT2D eigenvalue weighted by Crippen LogP contribution is 2.33. The maximum Gasteiger partial charge on any atom is 0.163 e. The molecular formula is C14H25N3O8. The van der Waals surface area contributed by atoms with Gasteiger partial charge in [-0.25, -0.2) is 0 Å². The van der Waals surface area contributed by atoms with Crippen LogP contribution in [-0.4, -0.2) is 87.9 Å². The van der Waals surface area contributed by atoms with Crippen molar-refractivity contribution < 1.29 is 39.7 Å². The first-order valence-electron chi connectivity index (χ1n) is 8.12. The summed E-state index contributed by atoms with van der Waals surface area (Å²) in [5.41, 5.74) is 8.56. The lowest BCUT2D eigenvalue weighted by Crippen LogP contribution is -2.60. The molecule has 2 aliphatic rings. The highest BCUT2D eigenvalue weighted by atomic mass is 16.7. The Morgan fingerprint density at radius 1 is 0.960 bits per heavy atom. The summed E-state index contributed by atoms with van der Waals surface area (Å²) < 4.78 is 16.7. The topological polar surface area (TPSA) is 178 Å². The number of azide groups is 1. The third-order valence-corrected chi connectivity index (χ3v) is 4.83. The van der Waals surface area contributed by atoms with Gasteiger partial charge in [-0.05, 0) is 5.53 Å². The minimum absolute atomic E-state index is 0.498. The van der Waals surface area contributed by atoms with Crippen molar-refractivity contribution in [1.29, 1.82) is 0 Å². The molecule has 0 amide bonds. The molecular weight excluding hydrogens is 338 g/mol. The van der Waals surface area contributed by atoms with E-state index in [1.165, 1.54) is 0 Å². The number of rotatable bonds is 5. The van der Waals surface area contributed by atoms with E-state index in [4.69, 9.17) is 19.7 Å². The van der Waals surface area contributed by atoms with Gasteiger partial charge in [0, 0.05) is 16.7 Å². The monoisotopic (exact) mass is 363 g/mol. The van der Waals surface area contributed by atoms with Gasteiger partial charge in [-0.3, -0.25) is 0 Å². The zero-order chi connectivity index (χ0) is 18.7. The highest BCUT2D eigenvalue weighted by molar-refractivity contribution is 4.93. The molecule has 0 aromatic heterocycles. The van der Waals surface area contributed by atoms with Crippen LogP contribution in [0.25, 0.3) is 10.4 Å². The second kappa shape index (κ2) is 8.58. The Morgan fingerprint density at radius 2 is 1.60 bits per heavy atom. The van der Waals surface area contributed by atoms with Crippen LogP contribution in [0.4, 0.5) is 0 Å². The number of hydrogen-bond donors (Lipinski definition) is 5. The summed E-state index contributed by atoms with van der Waals surface area (Å²) in [5.74, 6) is -1.26.